The number of aromatic nitrogens is 2. The van der Waals surface area contributed by atoms with Crippen molar-refractivity contribution in [2.45, 2.75) is 6.04 Å². The minimum atomic E-state index is -1.36. The molecule has 0 aliphatic heterocycles. The molecule has 4 N–H and O–H groups in total. The van der Waals surface area contributed by atoms with Crippen molar-refractivity contribution in [1.82, 2.24) is 9.94 Å². The Kier molecular flexibility index (Phi) is 3.39. The normalized spacial score (nSPS) is 12.1. The van der Waals surface area contributed by atoms with Gasteiger partial charge in [-0.15, -0.1) is 9.94 Å². The largest absolute Gasteiger partial charge is 0.497 e. The Hall–Kier alpha value is -2.54. The highest BCUT2D eigenvalue weighted by Crippen LogP contribution is 2.28. The molecule has 0 amide bonds. The predicted octanol–water partition coefficient (Wildman–Crippen LogP) is 0.880. The van der Waals surface area contributed by atoms with Crippen LogP contribution < -0.4 is 10.5 Å². The number of nitrogens with zero attached hydrogens (tertiary/aromatic N) is 2. The van der Waals surface area contributed by atoms with Gasteiger partial charge in [0, 0.05) is 5.56 Å². The first-order valence-corrected chi connectivity index (χ1v) is 5.44. The van der Waals surface area contributed by atoms with E-state index in [0.29, 0.717) is 21.7 Å². The van der Waals surface area contributed by atoms with Gasteiger partial charge in [-0.1, -0.05) is 12.1 Å². The number of hydrogen-bond acceptors (Lipinski definition) is 5. The Morgan fingerprint density at radius 1 is 1.42 bits per heavy atom. The average molecular weight is 263 g/mol. The van der Waals surface area contributed by atoms with E-state index in [-0.39, 0.29) is 5.69 Å². The first-order valence-electron chi connectivity index (χ1n) is 5.44. The molecule has 7 heteroatoms. The summed E-state index contributed by atoms with van der Waals surface area (Å²) in [6, 6.07) is 5.55. The summed E-state index contributed by atoms with van der Waals surface area (Å²) >= 11 is 0. The van der Waals surface area contributed by atoms with Crippen LogP contribution in [-0.2, 0) is 4.79 Å². The minimum Gasteiger partial charge on any atom is -0.497 e. The van der Waals surface area contributed by atoms with E-state index in [9.17, 15) is 10.0 Å². The predicted molar refractivity (Wildman–Crippen MR) is 66.0 cm³/mol. The number of rotatable bonds is 4. The molecule has 100 valence electrons. The summed E-state index contributed by atoms with van der Waals surface area (Å²) in [7, 11) is 1.55. The molecule has 0 fully saturated rings. The number of aliphatic carboxylic acids is 1. The molecule has 1 heterocycles. The number of carbonyl (C=O) groups is 1. The van der Waals surface area contributed by atoms with E-state index in [4.69, 9.17) is 15.6 Å². The van der Waals surface area contributed by atoms with E-state index in [0.717, 1.165) is 0 Å². The van der Waals surface area contributed by atoms with Crippen LogP contribution in [0.3, 0.4) is 0 Å². The summed E-state index contributed by atoms with van der Waals surface area (Å²) in [5.41, 5.74) is 6.70. The van der Waals surface area contributed by atoms with Gasteiger partial charge in [-0.25, -0.2) is 0 Å². The minimum absolute atomic E-state index is 0.0256. The summed E-state index contributed by atoms with van der Waals surface area (Å²) < 4.78 is 5.04. The molecular weight excluding hydrogens is 250 g/mol. The second-order valence-electron chi connectivity index (χ2n) is 3.88. The summed E-state index contributed by atoms with van der Waals surface area (Å²) in [4.78, 5) is 11.4. The molecule has 19 heavy (non-hydrogen) atoms. The van der Waals surface area contributed by atoms with Crippen molar-refractivity contribution in [1.29, 1.82) is 0 Å². The summed E-state index contributed by atoms with van der Waals surface area (Å²) in [6.07, 6.45) is 1.36. The van der Waals surface area contributed by atoms with Gasteiger partial charge in [-0.2, -0.15) is 0 Å². The maximum absolute atomic E-state index is 10.9. The lowest BCUT2D eigenvalue weighted by atomic mass is 10.0. The molecule has 1 aromatic heterocycles. The SMILES string of the molecule is COc1ccc(-c2cnn(O)c2C(N)C(=O)O)cc1. The highest BCUT2D eigenvalue weighted by atomic mass is 16.5. The Balaban J connectivity index is 2.47. The summed E-state index contributed by atoms with van der Waals surface area (Å²) in [6.45, 7) is 0. The van der Waals surface area contributed by atoms with Crippen molar-refractivity contribution in [3.63, 3.8) is 0 Å². The Morgan fingerprint density at radius 2 is 2.05 bits per heavy atom. The van der Waals surface area contributed by atoms with Crippen LogP contribution in [0.2, 0.25) is 0 Å². The molecule has 0 aliphatic carbocycles. The van der Waals surface area contributed by atoms with Crippen molar-refractivity contribution >= 4 is 5.97 Å². The van der Waals surface area contributed by atoms with E-state index >= 15 is 0 Å². The zero-order chi connectivity index (χ0) is 14.0. The standard InChI is InChI=1S/C12H13N3O4/c1-19-8-4-2-7(3-5-8)9-6-14-15(18)11(9)10(13)12(16)17/h2-6,10,18H,13H2,1H3,(H,16,17). The topological polar surface area (TPSA) is 111 Å². The van der Waals surface area contributed by atoms with Crippen molar-refractivity contribution in [3.8, 4) is 16.9 Å². The number of carboxylic acids is 1. The van der Waals surface area contributed by atoms with Crippen LogP contribution in [0.4, 0.5) is 0 Å². The van der Waals surface area contributed by atoms with Gasteiger partial charge in [-0.3, -0.25) is 4.79 Å². The van der Waals surface area contributed by atoms with Gasteiger partial charge in [0.2, 0.25) is 0 Å². The van der Waals surface area contributed by atoms with Crippen molar-refractivity contribution in [2.75, 3.05) is 7.11 Å². The lowest BCUT2D eigenvalue weighted by Gasteiger charge is -2.09. The number of nitrogens with two attached hydrogens (primary N) is 1. The monoisotopic (exact) mass is 263 g/mol. The van der Waals surface area contributed by atoms with Crippen LogP contribution in [0.1, 0.15) is 11.7 Å². The fraction of sp³-hybridized carbons (Fsp3) is 0.167. The van der Waals surface area contributed by atoms with E-state index < -0.39 is 12.0 Å². The third-order valence-corrected chi connectivity index (χ3v) is 2.75. The van der Waals surface area contributed by atoms with Crippen molar-refractivity contribution < 1.29 is 19.8 Å². The number of carboxylic acid groups (broad SMARTS) is 1. The number of methoxy groups -OCH3 is 1. The fourth-order valence-electron chi connectivity index (χ4n) is 1.75. The molecule has 0 radical (unpaired) electrons. The summed E-state index contributed by atoms with van der Waals surface area (Å²) in [5.74, 6) is -0.574. The lowest BCUT2D eigenvalue weighted by molar-refractivity contribution is -0.139. The van der Waals surface area contributed by atoms with Crippen LogP contribution in [0.5, 0.6) is 5.75 Å². The van der Waals surface area contributed by atoms with E-state index in [2.05, 4.69) is 5.10 Å². The molecule has 1 unspecified atom stereocenters. The van der Waals surface area contributed by atoms with Gasteiger partial charge in [0.25, 0.3) is 0 Å². The zero-order valence-corrected chi connectivity index (χ0v) is 10.1. The third kappa shape index (κ3) is 2.36. The smallest absolute Gasteiger partial charge is 0.326 e. The number of benzene rings is 1. The Morgan fingerprint density at radius 3 is 2.58 bits per heavy atom. The maximum Gasteiger partial charge on any atom is 0.326 e. The Bertz CT molecular complexity index is 592. The molecular formula is C12H13N3O4. The van der Waals surface area contributed by atoms with E-state index in [1.165, 1.54) is 6.20 Å². The van der Waals surface area contributed by atoms with Crippen LogP contribution in [0.25, 0.3) is 11.1 Å². The quantitative estimate of drug-likeness (QED) is 0.706. The lowest BCUT2D eigenvalue weighted by Crippen LogP contribution is -2.24. The first kappa shape index (κ1) is 12.9. The molecule has 0 saturated carbocycles. The molecule has 2 aromatic rings. The van der Waals surface area contributed by atoms with Gasteiger partial charge in [-0.05, 0) is 17.7 Å². The van der Waals surface area contributed by atoms with E-state index in [1.54, 1.807) is 31.4 Å². The van der Waals surface area contributed by atoms with Gasteiger partial charge >= 0.3 is 5.97 Å². The molecule has 1 aromatic carbocycles. The molecule has 7 nitrogen and oxygen atoms in total. The van der Waals surface area contributed by atoms with Gasteiger partial charge in [0.15, 0.2) is 0 Å². The average Bonchev–Trinajstić information content (AvgIpc) is 2.79. The van der Waals surface area contributed by atoms with Gasteiger partial charge in [0.05, 0.1) is 13.3 Å². The highest BCUT2D eigenvalue weighted by molar-refractivity contribution is 5.79. The van der Waals surface area contributed by atoms with Crippen molar-refractivity contribution in [3.05, 3.63) is 36.2 Å². The van der Waals surface area contributed by atoms with Crippen LogP contribution >= 0.6 is 0 Å². The molecule has 0 aliphatic rings. The van der Waals surface area contributed by atoms with Crippen LogP contribution in [0.15, 0.2) is 30.5 Å². The van der Waals surface area contributed by atoms with Crippen LogP contribution in [0, 0.1) is 0 Å². The maximum atomic E-state index is 10.9. The third-order valence-electron chi connectivity index (χ3n) is 2.75. The van der Waals surface area contributed by atoms with Gasteiger partial charge in [0.1, 0.15) is 17.5 Å². The first-order chi connectivity index (χ1) is 9.04. The zero-order valence-electron chi connectivity index (χ0n) is 10.1. The Labute approximate surface area is 108 Å². The molecule has 1 atom stereocenters. The van der Waals surface area contributed by atoms with E-state index in [1.807, 2.05) is 0 Å². The number of hydrogen-bond donors (Lipinski definition) is 3. The fourth-order valence-corrected chi connectivity index (χ4v) is 1.75. The molecule has 2 rings (SSSR count). The highest BCUT2D eigenvalue weighted by Gasteiger charge is 2.24. The second-order valence-corrected chi connectivity index (χ2v) is 3.88. The molecule has 0 spiro atoms. The van der Waals surface area contributed by atoms with Gasteiger partial charge < -0.3 is 20.8 Å². The molecule has 0 saturated heterocycles. The van der Waals surface area contributed by atoms with Crippen molar-refractivity contribution in [2.24, 2.45) is 5.73 Å². The molecule has 0 bridgehead atoms. The number of ether oxygens (including phenoxy) is 1. The summed E-state index contributed by atoms with van der Waals surface area (Å²) in [5, 5.41) is 22.1. The van der Waals surface area contributed by atoms with Crippen LogP contribution in [-0.4, -0.2) is 33.3 Å². The second kappa shape index (κ2) is 4.99.